The van der Waals surface area contributed by atoms with Gasteiger partial charge in [-0.1, -0.05) is 30.3 Å². The Morgan fingerprint density at radius 3 is 2.56 bits per heavy atom. The molecule has 1 aliphatic heterocycles. The second kappa shape index (κ2) is 6.31. The van der Waals surface area contributed by atoms with Gasteiger partial charge in [0, 0.05) is 6.04 Å². The summed E-state index contributed by atoms with van der Waals surface area (Å²) in [6, 6.07) is 11.4. The van der Waals surface area contributed by atoms with Gasteiger partial charge in [-0.15, -0.1) is 0 Å². The summed E-state index contributed by atoms with van der Waals surface area (Å²) in [4.78, 5) is 0. The van der Waals surface area contributed by atoms with Crippen molar-refractivity contribution in [2.45, 2.75) is 25.3 Å². The minimum atomic E-state index is 0.536. The SMILES string of the molecule is CNC(CC1CCSCC1)c1ccccc1. The molecule has 1 nitrogen and oxygen atoms in total. The molecule has 2 rings (SSSR count). The van der Waals surface area contributed by atoms with Crippen molar-refractivity contribution in [1.29, 1.82) is 0 Å². The maximum Gasteiger partial charge on any atom is 0.0320 e. The number of benzene rings is 1. The van der Waals surface area contributed by atoms with Gasteiger partial charge in [-0.3, -0.25) is 0 Å². The van der Waals surface area contributed by atoms with Gasteiger partial charge in [-0.05, 0) is 49.3 Å². The summed E-state index contributed by atoms with van der Waals surface area (Å²) in [5.41, 5.74) is 1.43. The van der Waals surface area contributed by atoms with Crippen molar-refractivity contribution in [2.24, 2.45) is 5.92 Å². The van der Waals surface area contributed by atoms with E-state index in [2.05, 4.69) is 54.5 Å². The van der Waals surface area contributed by atoms with Gasteiger partial charge in [-0.2, -0.15) is 11.8 Å². The topological polar surface area (TPSA) is 12.0 Å². The molecule has 2 heteroatoms. The average molecular weight is 235 g/mol. The van der Waals surface area contributed by atoms with Crippen LogP contribution in [-0.4, -0.2) is 18.6 Å². The molecule has 0 bridgehead atoms. The first-order chi connectivity index (χ1) is 7.90. The Morgan fingerprint density at radius 2 is 1.94 bits per heavy atom. The molecule has 1 N–H and O–H groups in total. The number of hydrogen-bond acceptors (Lipinski definition) is 2. The third-order valence-electron chi connectivity index (χ3n) is 3.46. The van der Waals surface area contributed by atoms with Crippen molar-refractivity contribution < 1.29 is 0 Å². The van der Waals surface area contributed by atoms with E-state index in [0.29, 0.717) is 6.04 Å². The van der Waals surface area contributed by atoms with E-state index >= 15 is 0 Å². The molecule has 1 fully saturated rings. The Kier molecular flexibility index (Phi) is 4.73. The normalized spacial score (nSPS) is 19.6. The van der Waals surface area contributed by atoms with Gasteiger partial charge < -0.3 is 5.32 Å². The molecule has 16 heavy (non-hydrogen) atoms. The average Bonchev–Trinajstić information content (AvgIpc) is 2.38. The van der Waals surface area contributed by atoms with E-state index in [-0.39, 0.29) is 0 Å². The molecule has 0 saturated carbocycles. The quantitative estimate of drug-likeness (QED) is 0.857. The Labute approximate surface area is 103 Å². The van der Waals surface area contributed by atoms with Crippen molar-refractivity contribution in [2.75, 3.05) is 18.6 Å². The largest absolute Gasteiger partial charge is 0.313 e. The molecule has 1 unspecified atom stereocenters. The molecule has 1 aromatic rings. The lowest BCUT2D eigenvalue weighted by atomic mass is 9.91. The summed E-state index contributed by atoms with van der Waals surface area (Å²) >= 11 is 2.11. The molecule has 1 aromatic carbocycles. The summed E-state index contributed by atoms with van der Waals surface area (Å²) in [5.74, 6) is 3.63. The Balaban J connectivity index is 1.94. The van der Waals surface area contributed by atoms with Crippen molar-refractivity contribution in [3.8, 4) is 0 Å². The standard InChI is InChI=1S/C14H21NS/c1-15-14(13-5-3-2-4-6-13)11-12-7-9-16-10-8-12/h2-6,12,14-15H,7-11H2,1H3. The van der Waals surface area contributed by atoms with Crippen LogP contribution in [0.5, 0.6) is 0 Å². The lowest BCUT2D eigenvalue weighted by Crippen LogP contribution is -2.22. The second-order valence-corrected chi connectivity index (χ2v) is 5.77. The molecule has 0 amide bonds. The smallest absolute Gasteiger partial charge is 0.0320 e. The van der Waals surface area contributed by atoms with Crippen LogP contribution in [-0.2, 0) is 0 Å². The van der Waals surface area contributed by atoms with Crippen LogP contribution in [0.4, 0.5) is 0 Å². The van der Waals surface area contributed by atoms with E-state index in [1.807, 2.05) is 0 Å². The van der Waals surface area contributed by atoms with Gasteiger partial charge in [0.05, 0.1) is 0 Å². The highest BCUT2D eigenvalue weighted by Gasteiger charge is 2.18. The molecule has 1 heterocycles. The van der Waals surface area contributed by atoms with Gasteiger partial charge in [0.2, 0.25) is 0 Å². The van der Waals surface area contributed by atoms with Crippen LogP contribution >= 0.6 is 11.8 Å². The third kappa shape index (κ3) is 3.26. The molecule has 0 radical (unpaired) electrons. The van der Waals surface area contributed by atoms with E-state index in [1.165, 1.54) is 36.3 Å². The molecular formula is C14H21NS. The molecule has 1 aliphatic rings. The molecule has 88 valence electrons. The van der Waals surface area contributed by atoms with E-state index in [1.54, 1.807) is 0 Å². The lowest BCUT2D eigenvalue weighted by Gasteiger charge is -2.26. The minimum absolute atomic E-state index is 0.536. The van der Waals surface area contributed by atoms with Crippen LogP contribution in [0.25, 0.3) is 0 Å². The summed E-state index contributed by atoms with van der Waals surface area (Å²) < 4.78 is 0. The summed E-state index contributed by atoms with van der Waals surface area (Å²) in [7, 11) is 2.08. The van der Waals surface area contributed by atoms with Crippen LogP contribution in [0.2, 0.25) is 0 Å². The number of thioether (sulfide) groups is 1. The molecule has 0 aliphatic carbocycles. The monoisotopic (exact) mass is 235 g/mol. The first-order valence-electron chi connectivity index (χ1n) is 6.20. The predicted octanol–water partition coefficient (Wildman–Crippen LogP) is 3.48. The van der Waals surface area contributed by atoms with Gasteiger partial charge in [0.1, 0.15) is 0 Å². The summed E-state index contributed by atoms with van der Waals surface area (Å²) in [6.07, 6.45) is 4.09. The fourth-order valence-corrected chi connectivity index (χ4v) is 3.63. The van der Waals surface area contributed by atoms with Crippen LogP contribution in [0.15, 0.2) is 30.3 Å². The maximum atomic E-state index is 3.46. The van der Waals surface area contributed by atoms with Crippen LogP contribution in [0.1, 0.15) is 30.9 Å². The van der Waals surface area contributed by atoms with Crippen molar-refractivity contribution in [3.63, 3.8) is 0 Å². The van der Waals surface area contributed by atoms with E-state index in [0.717, 1.165) is 5.92 Å². The van der Waals surface area contributed by atoms with E-state index < -0.39 is 0 Å². The van der Waals surface area contributed by atoms with Gasteiger partial charge in [0.15, 0.2) is 0 Å². The van der Waals surface area contributed by atoms with E-state index in [9.17, 15) is 0 Å². The number of rotatable bonds is 4. The third-order valence-corrected chi connectivity index (χ3v) is 4.51. The zero-order valence-electron chi connectivity index (χ0n) is 9.99. The van der Waals surface area contributed by atoms with Gasteiger partial charge in [0.25, 0.3) is 0 Å². The first-order valence-corrected chi connectivity index (χ1v) is 7.35. The van der Waals surface area contributed by atoms with Gasteiger partial charge in [-0.25, -0.2) is 0 Å². The number of nitrogens with one attached hydrogen (secondary N) is 1. The molecular weight excluding hydrogens is 214 g/mol. The minimum Gasteiger partial charge on any atom is -0.313 e. The first kappa shape index (κ1) is 12.0. The van der Waals surface area contributed by atoms with Crippen LogP contribution < -0.4 is 5.32 Å². The van der Waals surface area contributed by atoms with Crippen LogP contribution in [0.3, 0.4) is 0 Å². The highest BCUT2D eigenvalue weighted by Crippen LogP contribution is 2.30. The fourth-order valence-electron chi connectivity index (χ4n) is 2.42. The van der Waals surface area contributed by atoms with E-state index in [4.69, 9.17) is 0 Å². The summed E-state index contributed by atoms with van der Waals surface area (Å²) in [6.45, 7) is 0. The molecule has 1 atom stereocenters. The van der Waals surface area contributed by atoms with Crippen molar-refractivity contribution >= 4 is 11.8 Å². The van der Waals surface area contributed by atoms with Crippen LogP contribution in [0, 0.1) is 5.92 Å². The molecule has 1 saturated heterocycles. The zero-order valence-corrected chi connectivity index (χ0v) is 10.8. The fraction of sp³-hybridized carbons (Fsp3) is 0.571. The lowest BCUT2D eigenvalue weighted by molar-refractivity contribution is 0.384. The van der Waals surface area contributed by atoms with Gasteiger partial charge >= 0.3 is 0 Å². The Morgan fingerprint density at radius 1 is 1.25 bits per heavy atom. The summed E-state index contributed by atoms with van der Waals surface area (Å²) in [5, 5.41) is 3.46. The second-order valence-electron chi connectivity index (χ2n) is 4.54. The highest BCUT2D eigenvalue weighted by molar-refractivity contribution is 7.99. The molecule has 0 spiro atoms. The zero-order chi connectivity index (χ0) is 11.2. The predicted molar refractivity (Wildman–Crippen MR) is 72.9 cm³/mol. The molecule has 0 aromatic heterocycles. The Bertz CT molecular complexity index is 293. The van der Waals surface area contributed by atoms with Crippen molar-refractivity contribution in [3.05, 3.63) is 35.9 Å². The Hall–Kier alpha value is -0.470. The maximum absolute atomic E-state index is 3.46. The highest BCUT2D eigenvalue weighted by atomic mass is 32.2. The van der Waals surface area contributed by atoms with Crippen molar-refractivity contribution in [1.82, 2.24) is 5.32 Å². The number of hydrogen-bond donors (Lipinski definition) is 1.